The zero-order valence-corrected chi connectivity index (χ0v) is 10.4. The highest BCUT2D eigenvalue weighted by Crippen LogP contribution is 2.31. The smallest absolute Gasteiger partial charge is 0.231 e. The van der Waals surface area contributed by atoms with Crippen LogP contribution in [-0.4, -0.2) is 5.78 Å². The summed E-state index contributed by atoms with van der Waals surface area (Å²) in [5, 5.41) is 0. The van der Waals surface area contributed by atoms with E-state index >= 15 is 0 Å². The Hall–Kier alpha value is -2.00. The third-order valence-electron chi connectivity index (χ3n) is 2.77. The van der Waals surface area contributed by atoms with Crippen LogP contribution in [0.1, 0.15) is 15.9 Å². The maximum atomic E-state index is 12.1. The monoisotopic (exact) mass is 254 g/mol. The van der Waals surface area contributed by atoms with Crippen molar-refractivity contribution in [1.29, 1.82) is 0 Å². The first-order valence-electron chi connectivity index (χ1n) is 5.56. The Balaban J connectivity index is 1.97. The predicted octanol–water partition coefficient (Wildman–Crippen LogP) is 3.59. The van der Waals surface area contributed by atoms with E-state index in [0.717, 1.165) is 10.5 Å². The first kappa shape index (κ1) is 11.1. The van der Waals surface area contributed by atoms with E-state index in [2.05, 4.69) is 12.6 Å². The van der Waals surface area contributed by atoms with Gasteiger partial charge in [0.05, 0.1) is 5.56 Å². The van der Waals surface area contributed by atoms with E-state index in [-0.39, 0.29) is 5.78 Å². The van der Waals surface area contributed by atoms with E-state index in [4.69, 9.17) is 4.74 Å². The molecule has 2 nitrogen and oxygen atoms in total. The minimum absolute atomic E-state index is 0.0689. The number of ketones is 1. The summed E-state index contributed by atoms with van der Waals surface area (Å²) in [4.78, 5) is 12.9. The first-order chi connectivity index (χ1) is 8.74. The second-order valence-electron chi connectivity index (χ2n) is 4.03. The quantitative estimate of drug-likeness (QED) is 0.621. The SMILES string of the molecule is O=C1/C(=C\c2ccc(S)cc2)Oc2ccccc21. The number of ether oxygens (including phenoxy) is 1. The Morgan fingerprint density at radius 2 is 1.72 bits per heavy atom. The van der Waals surface area contributed by atoms with Crippen molar-refractivity contribution in [3.05, 3.63) is 65.4 Å². The third kappa shape index (κ3) is 1.93. The molecular formula is C15H10O2S. The minimum atomic E-state index is -0.0689. The molecule has 0 unspecified atom stereocenters. The largest absolute Gasteiger partial charge is 0.452 e. The molecule has 0 fully saturated rings. The molecule has 0 N–H and O–H groups in total. The zero-order chi connectivity index (χ0) is 12.5. The molecule has 0 spiro atoms. The van der Waals surface area contributed by atoms with Crippen molar-refractivity contribution in [2.75, 3.05) is 0 Å². The molecule has 0 saturated heterocycles. The Morgan fingerprint density at radius 3 is 2.44 bits per heavy atom. The maximum Gasteiger partial charge on any atom is 0.231 e. The molecule has 2 aromatic carbocycles. The third-order valence-corrected chi connectivity index (χ3v) is 3.06. The number of hydrogen-bond acceptors (Lipinski definition) is 3. The lowest BCUT2D eigenvalue weighted by Crippen LogP contribution is -1.97. The molecule has 0 aromatic heterocycles. The van der Waals surface area contributed by atoms with E-state index < -0.39 is 0 Å². The Labute approximate surface area is 110 Å². The first-order valence-corrected chi connectivity index (χ1v) is 6.01. The molecule has 88 valence electrons. The van der Waals surface area contributed by atoms with Crippen LogP contribution < -0.4 is 4.74 Å². The average Bonchev–Trinajstić information content (AvgIpc) is 2.70. The van der Waals surface area contributed by atoms with Crippen molar-refractivity contribution in [1.82, 2.24) is 0 Å². The van der Waals surface area contributed by atoms with Crippen molar-refractivity contribution in [3.63, 3.8) is 0 Å². The van der Waals surface area contributed by atoms with Gasteiger partial charge in [0.2, 0.25) is 5.78 Å². The molecule has 1 aliphatic rings. The van der Waals surface area contributed by atoms with Gasteiger partial charge in [0.15, 0.2) is 5.76 Å². The van der Waals surface area contributed by atoms with E-state index in [1.807, 2.05) is 36.4 Å². The lowest BCUT2D eigenvalue weighted by atomic mass is 10.1. The maximum absolute atomic E-state index is 12.1. The van der Waals surface area contributed by atoms with E-state index in [0.29, 0.717) is 17.1 Å². The van der Waals surface area contributed by atoms with Gasteiger partial charge in [-0.2, -0.15) is 0 Å². The van der Waals surface area contributed by atoms with Gasteiger partial charge in [0.25, 0.3) is 0 Å². The Kier molecular flexibility index (Phi) is 2.68. The van der Waals surface area contributed by atoms with Crippen LogP contribution in [0.5, 0.6) is 5.75 Å². The summed E-state index contributed by atoms with van der Waals surface area (Å²) in [6.07, 6.45) is 1.75. The van der Waals surface area contributed by atoms with Gasteiger partial charge in [-0.05, 0) is 35.9 Å². The van der Waals surface area contributed by atoms with Crippen molar-refractivity contribution in [2.45, 2.75) is 4.90 Å². The van der Waals surface area contributed by atoms with Crippen molar-refractivity contribution >= 4 is 24.5 Å². The topological polar surface area (TPSA) is 26.3 Å². The second kappa shape index (κ2) is 4.35. The number of hydrogen-bond donors (Lipinski definition) is 1. The van der Waals surface area contributed by atoms with E-state index in [9.17, 15) is 4.79 Å². The van der Waals surface area contributed by atoms with Crippen molar-refractivity contribution < 1.29 is 9.53 Å². The van der Waals surface area contributed by atoms with Crippen LogP contribution in [0.15, 0.2) is 59.2 Å². The van der Waals surface area contributed by atoms with Crippen molar-refractivity contribution in [3.8, 4) is 5.75 Å². The van der Waals surface area contributed by atoms with Gasteiger partial charge in [-0.15, -0.1) is 12.6 Å². The van der Waals surface area contributed by atoms with Gasteiger partial charge in [0, 0.05) is 4.90 Å². The van der Waals surface area contributed by atoms with Gasteiger partial charge >= 0.3 is 0 Å². The number of benzene rings is 2. The van der Waals surface area contributed by atoms with Crippen LogP contribution in [0.4, 0.5) is 0 Å². The number of rotatable bonds is 1. The Morgan fingerprint density at radius 1 is 1.00 bits per heavy atom. The number of thiol groups is 1. The molecule has 1 heterocycles. The van der Waals surface area contributed by atoms with Crippen LogP contribution in [-0.2, 0) is 0 Å². The Bertz CT molecular complexity index is 642. The summed E-state index contributed by atoms with van der Waals surface area (Å²) < 4.78 is 5.55. The number of carbonyl (C=O) groups is 1. The number of allylic oxidation sites excluding steroid dienone is 1. The molecule has 2 aromatic rings. The summed E-state index contributed by atoms with van der Waals surface area (Å²) >= 11 is 4.22. The highest BCUT2D eigenvalue weighted by Gasteiger charge is 2.26. The highest BCUT2D eigenvalue weighted by atomic mass is 32.1. The minimum Gasteiger partial charge on any atom is -0.452 e. The van der Waals surface area contributed by atoms with Crippen LogP contribution in [0.25, 0.3) is 6.08 Å². The fourth-order valence-electron chi connectivity index (χ4n) is 1.86. The lowest BCUT2D eigenvalue weighted by molar-refractivity contribution is 0.101. The second-order valence-corrected chi connectivity index (χ2v) is 4.54. The fourth-order valence-corrected chi connectivity index (χ4v) is 2.01. The van der Waals surface area contributed by atoms with E-state index in [1.165, 1.54) is 0 Å². The van der Waals surface area contributed by atoms with Crippen LogP contribution >= 0.6 is 12.6 Å². The number of para-hydroxylation sites is 1. The summed E-state index contributed by atoms with van der Waals surface area (Å²) in [7, 11) is 0. The van der Waals surface area contributed by atoms with Crippen LogP contribution in [0, 0.1) is 0 Å². The number of fused-ring (bicyclic) bond motifs is 1. The molecule has 0 saturated carbocycles. The average molecular weight is 254 g/mol. The molecule has 0 radical (unpaired) electrons. The fraction of sp³-hybridized carbons (Fsp3) is 0. The highest BCUT2D eigenvalue weighted by molar-refractivity contribution is 7.80. The number of Topliss-reactive ketones (excluding diaryl/α,β-unsaturated/α-hetero) is 1. The van der Waals surface area contributed by atoms with Gasteiger partial charge in [0.1, 0.15) is 5.75 Å². The summed E-state index contributed by atoms with van der Waals surface area (Å²) in [6.45, 7) is 0. The van der Waals surface area contributed by atoms with Crippen molar-refractivity contribution in [2.24, 2.45) is 0 Å². The molecule has 0 atom stereocenters. The van der Waals surface area contributed by atoms with Gasteiger partial charge in [-0.1, -0.05) is 24.3 Å². The van der Waals surface area contributed by atoms with E-state index in [1.54, 1.807) is 18.2 Å². The molecule has 0 amide bonds. The summed E-state index contributed by atoms with van der Waals surface area (Å²) in [6, 6.07) is 14.8. The number of carbonyl (C=O) groups excluding carboxylic acids is 1. The standard InChI is InChI=1S/C15H10O2S/c16-15-12-3-1-2-4-13(12)17-14(15)9-10-5-7-11(18)8-6-10/h1-9,18H/b14-9+. The summed E-state index contributed by atoms with van der Waals surface area (Å²) in [5.74, 6) is 0.920. The predicted molar refractivity (Wildman–Crippen MR) is 73.1 cm³/mol. The molecule has 1 aliphatic heterocycles. The zero-order valence-electron chi connectivity index (χ0n) is 9.46. The lowest BCUT2D eigenvalue weighted by Gasteiger charge is -1.98. The molecule has 0 aliphatic carbocycles. The molecular weight excluding hydrogens is 244 g/mol. The summed E-state index contributed by atoms with van der Waals surface area (Å²) in [5.41, 5.74) is 1.54. The van der Waals surface area contributed by atoms with Gasteiger partial charge < -0.3 is 4.74 Å². The molecule has 3 rings (SSSR count). The van der Waals surface area contributed by atoms with Gasteiger partial charge in [-0.25, -0.2) is 0 Å². The van der Waals surface area contributed by atoms with Crippen LogP contribution in [0.3, 0.4) is 0 Å². The molecule has 0 bridgehead atoms. The molecule has 18 heavy (non-hydrogen) atoms. The van der Waals surface area contributed by atoms with Gasteiger partial charge in [-0.3, -0.25) is 4.79 Å². The normalized spacial score (nSPS) is 15.6. The molecule has 3 heteroatoms. The van der Waals surface area contributed by atoms with Crippen LogP contribution in [0.2, 0.25) is 0 Å².